The number of nitrogens with zero attached hydrogens (tertiary/aromatic N) is 1. The summed E-state index contributed by atoms with van der Waals surface area (Å²) in [6.45, 7) is 4.66. The van der Waals surface area contributed by atoms with Gasteiger partial charge in [0.15, 0.2) is 11.5 Å². The van der Waals surface area contributed by atoms with Gasteiger partial charge in [0.1, 0.15) is 0 Å². The molecule has 0 aliphatic heterocycles. The van der Waals surface area contributed by atoms with Crippen molar-refractivity contribution in [3.63, 3.8) is 0 Å². The third kappa shape index (κ3) is 4.28. The van der Waals surface area contributed by atoms with Gasteiger partial charge < -0.3 is 19.2 Å². The summed E-state index contributed by atoms with van der Waals surface area (Å²) in [6, 6.07) is 9.31. The maximum Gasteiger partial charge on any atom is 0.271 e. The number of hydrogen-bond donors (Lipinski definition) is 2. The zero-order valence-corrected chi connectivity index (χ0v) is 19.0. The van der Waals surface area contributed by atoms with Crippen LogP contribution in [0.3, 0.4) is 0 Å². The van der Waals surface area contributed by atoms with Crippen LogP contribution >= 0.6 is 0 Å². The topological polar surface area (TPSA) is 84.9 Å². The predicted octanol–water partition coefficient (Wildman–Crippen LogP) is 4.47. The average Bonchev–Trinajstić information content (AvgIpc) is 3.16. The number of fused-ring (bicyclic) bond motifs is 3. The van der Waals surface area contributed by atoms with Gasteiger partial charge in [-0.3, -0.25) is 4.79 Å². The van der Waals surface area contributed by atoms with E-state index in [1.165, 1.54) is 17.7 Å². The molecule has 7 nitrogen and oxygen atoms in total. The number of aromatic nitrogens is 1. The molecule has 1 aromatic heterocycles. The Labute approximate surface area is 187 Å². The largest absolute Gasteiger partial charge is 0.493 e. The molecule has 1 aliphatic carbocycles. The number of carbonyl (C=O) groups is 1. The molecule has 0 saturated heterocycles. The molecule has 32 heavy (non-hydrogen) atoms. The second kappa shape index (κ2) is 9.34. The quantitative estimate of drug-likeness (QED) is 0.424. The number of aryl methyl sites for hydroxylation is 1. The molecule has 1 aliphatic rings. The number of rotatable bonds is 7. The summed E-state index contributed by atoms with van der Waals surface area (Å²) in [5, 5.41) is 5.26. The molecular formula is C25H29N3O4. The summed E-state index contributed by atoms with van der Waals surface area (Å²) in [4.78, 5) is 16.2. The fraction of sp³-hybridized carbons (Fsp3) is 0.360. The molecule has 0 fully saturated rings. The normalized spacial score (nSPS) is 15.6. The first-order chi connectivity index (χ1) is 15.5. The predicted molar refractivity (Wildman–Crippen MR) is 125 cm³/mol. The molecular weight excluding hydrogens is 406 g/mol. The molecule has 168 valence electrons. The van der Waals surface area contributed by atoms with Crippen molar-refractivity contribution < 1.29 is 19.0 Å². The Balaban J connectivity index is 1.52. The van der Waals surface area contributed by atoms with Crippen LogP contribution in [-0.4, -0.2) is 37.9 Å². The molecule has 2 aromatic carbocycles. The molecule has 1 atom stereocenters. The molecule has 3 aromatic rings. The summed E-state index contributed by atoms with van der Waals surface area (Å²) in [5.41, 5.74) is 7.63. The molecule has 7 heteroatoms. The number of benzene rings is 2. The number of amides is 1. The van der Waals surface area contributed by atoms with Crippen LogP contribution in [0.25, 0.3) is 10.9 Å². The third-order valence-electron chi connectivity index (χ3n) is 5.85. The van der Waals surface area contributed by atoms with Crippen LogP contribution in [0.5, 0.6) is 17.2 Å². The van der Waals surface area contributed by atoms with E-state index in [2.05, 4.69) is 22.4 Å². The highest BCUT2D eigenvalue weighted by Gasteiger charge is 2.20. The molecule has 4 rings (SSSR count). The Morgan fingerprint density at radius 3 is 2.66 bits per heavy atom. The van der Waals surface area contributed by atoms with Crippen LogP contribution in [0.2, 0.25) is 0 Å². The van der Waals surface area contributed by atoms with E-state index in [1.807, 2.05) is 25.1 Å². The van der Waals surface area contributed by atoms with E-state index < -0.39 is 0 Å². The Morgan fingerprint density at radius 1 is 1.22 bits per heavy atom. The number of nitrogens with one attached hydrogen (secondary N) is 2. The minimum absolute atomic E-state index is 0.258. The van der Waals surface area contributed by atoms with Gasteiger partial charge in [0, 0.05) is 27.7 Å². The highest BCUT2D eigenvalue weighted by Crippen LogP contribution is 2.38. The third-order valence-corrected chi connectivity index (χ3v) is 5.85. The van der Waals surface area contributed by atoms with E-state index in [9.17, 15) is 4.79 Å². The zero-order valence-electron chi connectivity index (χ0n) is 19.0. The number of ether oxygens (including phenoxy) is 3. The summed E-state index contributed by atoms with van der Waals surface area (Å²) < 4.78 is 16.4. The van der Waals surface area contributed by atoms with Crippen LogP contribution in [0.15, 0.2) is 35.4 Å². The zero-order chi connectivity index (χ0) is 22.7. The van der Waals surface area contributed by atoms with E-state index in [0.29, 0.717) is 40.9 Å². The first-order valence-corrected chi connectivity index (χ1v) is 10.9. The van der Waals surface area contributed by atoms with Gasteiger partial charge in [0.2, 0.25) is 5.75 Å². The number of methoxy groups -OCH3 is 2. The maximum atomic E-state index is 12.7. The summed E-state index contributed by atoms with van der Waals surface area (Å²) in [6.07, 6.45) is 4.85. The fourth-order valence-corrected chi connectivity index (χ4v) is 4.22. The number of H-pyrrole nitrogens is 1. The van der Waals surface area contributed by atoms with Gasteiger partial charge in [0.05, 0.1) is 27.0 Å². The summed E-state index contributed by atoms with van der Waals surface area (Å²) >= 11 is 0. The highest BCUT2D eigenvalue weighted by atomic mass is 16.5. The van der Waals surface area contributed by atoms with Crippen molar-refractivity contribution in [1.29, 1.82) is 0 Å². The van der Waals surface area contributed by atoms with Gasteiger partial charge in [-0.25, -0.2) is 5.43 Å². The van der Waals surface area contributed by atoms with Crippen LogP contribution < -0.4 is 19.6 Å². The Hall–Kier alpha value is -3.48. The SMILES string of the molecule is CCOc1c(OC)cc(/C=N\NC(=O)c2ccc3[nH]c4c(c3c2)CC(C)CC4)cc1OC. The lowest BCUT2D eigenvalue weighted by atomic mass is 9.87. The first-order valence-electron chi connectivity index (χ1n) is 10.9. The van der Waals surface area contributed by atoms with E-state index >= 15 is 0 Å². The van der Waals surface area contributed by atoms with Crippen molar-refractivity contribution in [2.24, 2.45) is 11.0 Å². The van der Waals surface area contributed by atoms with Crippen molar-refractivity contribution in [2.75, 3.05) is 20.8 Å². The molecule has 1 heterocycles. The standard InChI is InChI=1S/C25H29N3O4/c1-5-32-24-22(30-3)11-16(12-23(24)31-4)14-26-28-25(29)17-7-9-21-19(13-17)18-10-15(2)6-8-20(18)27-21/h7,9,11-15,27H,5-6,8,10H2,1-4H3,(H,28,29)/b26-14-. The smallest absolute Gasteiger partial charge is 0.271 e. The molecule has 0 bridgehead atoms. The second-order valence-corrected chi connectivity index (χ2v) is 8.08. The van der Waals surface area contributed by atoms with Crippen molar-refractivity contribution in [2.45, 2.75) is 33.1 Å². The van der Waals surface area contributed by atoms with Crippen molar-refractivity contribution >= 4 is 23.0 Å². The minimum Gasteiger partial charge on any atom is -0.493 e. The van der Waals surface area contributed by atoms with E-state index in [1.54, 1.807) is 32.6 Å². The van der Waals surface area contributed by atoms with Gasteiger partial charge in [-0.05, 0) is 68.0 Å². The number of hydrogen-bond acceptors (Lipinski definition) is 5. The van der Waals surface area contributed by atoms with E-state index in [-0.39, 0.29) is 5.91 Å². The average molecular weight is 436 g/mol. The van der Waals surface area contributed by atoms with Crippen LogP contribution in [0.1, 0.15) is 47.4 Å². The fourth-order valence-electron chi connectivity index (χ4n) is 4.22. The monoisotopic (exact) mass is 435 g/mol. The second-order valence-electron chi connectivity index (χ2n) is 8.08. The summed E-state index contributed by atoms with van der Waals surface area (Å²) in [5.74, 6) is 2.02. The van der Waals surface area contributed by atoms with Crippen LogP contribution in [0.4, 0.5) is 0 Å². The number of aromatic amines is 1. The summed E-state index contributed by atoms with van der Waals surface area (Å²) in [7, 11) is 3.13. The van der Waals surface area contributed by atoms with Gasteiger partial charge in [-0.15, -0.1) is 0 Å². The lowest BCUT2D eigenvalue weighted by Crippen LogP contribution is -2.17. The Morgan fingerprint density at radius 2 is 1.97 bits per heavy atom. The number of carbonyl (C=O) groups excluding carboxylic acids is 1. The Kier molecular flexibility index (Phi) is 6.35. The van der Waals surface area contributed by atoms with Gasteiger partial charge in [0.25, 0.3) is 5.91 Å². The molecule has 2 N–H and O–H groups in total. The van der Waals surface area contributed by atoms with Gasteiger partial charge in [-0.2, -0.15) is 5.10 Å². The number of hydrazone groups is 1. The van der Waals surface area contributed by atoms with Gasteiger partial charge >= 0.3 is 0 Å². The molecule has 0 radical (unpaired) electrons. The van der Waals surface area contributed by atoms with Crippen molar-refractivity contribution in [3.8, 4) is 17.2 Å². The van der Waals surface area contributed by atoms with Crippen LogP contribution in [-0.2, 0) is 12.8 Å². The van der Waals surface area contributed by atoms with Crippen molar-refractivity contribution in [3.05, 3.63) is 52.7 Å². The maximum absolute atomic E-state index is 12.7. The molecule has 0 saturated carbocycles. The Bertz CT molecular complexity index is 1140. The lowest BCUT2D eigenvalue weighted by molar-refractivity contribution is 0.0955. The van der Waals surface area contributed by atoms with Gasteiger partial charge in [-0.1, -0.05) is 6.92 Å². The first kappa shape index (κ1) is 21.7. The molecule has 0 spiro atoms. The highest BCUT2D eigenvalue weighted by molar-refractivity contribution is 5.99. The lowest BCUT2D eigenvalue weighted by Gasteiger charge is -2.18. The minimum atomic E-state index is -0.258. The van der Waals surface area contributed by atoms with E-state index in [4.69, 9.17) is 14.2 Å². The van der Waals surface area contributed by atoms with Crippen molar-refractivity contribution in [1.82, 2.24) is 10.4 Å². The van der Waals surface area contributed by atoms with E-state index in [0.717, 1.165) is 23.7 Å². The molecule has 1 amide bonds. The van der Waals surface area contributed by atoms with Crippen LogP contribution in [0, 0.1) is 5.92 Å². The molecule has 1 unspecified atom stereocenters.